The number of halogens is 1. The molecule has 1 aromatic carbocycles. The van der Waals surface area contributed by atoms with Gasteiger partial charge in [-0.2, -0.15) is 0 Å². The van der Waals surface area contributed by atoms with Crippen molar-refractivity contribution in [2.75, 3.05) is 6.61 Å². The van der Waals surface area contributed by atoms with Gasteiger partial charge >= 0.3 is 0 Å². The minimum absolute atomic E-state index is 0.00947. The Morgan fingerprint density at radius 2 is 2.12 bits per heavy atom. The second-order valence-electron chi connectivity index (χ2n) is 4.63. The molecule has 86 valence electrons. The number of hydrogen-bond acceptors (Lipinski definition) is 2. The molecule has 5 heteroatoms. The van der Waals surface area contributed by atoms with E-state index in [1.54, 1.807) is 0 Å². The molecule has 0 saturated heterocycles. The topological polar surface area (TPSA) is 58.0 Å². The van der Waals surface area contributed by atoms with Crippen LogP contribution < -0.4 is 4.74 Å². The van der Waals surface area contributed by atoms with E-state index in [9.17, 15) is 4.39 Å². The van der Waals surface area contributed by atoms with Gasteiger partial charge in [-0.1, -0.05) is 32.0 Å². The Kier molecular flexibility index (Phi) is 3.74. The van der Waals surface area contributed by atoms with Crippen LogP contribution in [0.4, 0.5) is 10.1 Å². The van der Waals surface area contributed by atoms with E-state index in [-0.39, 0.29) is 16.9 Å². The third-order valence-corrected chi connectivity index (χ3v) is 1.75. The maximum absolute atomic E-state index is 13.4. The van der Waals surface area contributed by atoms with Crippen LogP contribution in [0.15, 0.2) is 23.3 Å². The van der Waals surface area contributed by atoms with Gasteiger partial charge in [0.05, 0.1) is 12.3 Å². The van der Waals surface area contributed by atoms with Crippen molar-refractivity contribution < 1.29 is 9.13 Å². The lowest BCUT2D eigenvalue weighted by molar-refractivity contribution is 0.192. The van der Waals surface area contributed by atoms with Gasteiger partial charge in [0, 0.05) is 4.91 Å². The maximum atomic E-state index is 13.4. The molecular formula is C11H14FN3O. The van der Waals surface area contributed by atoms with Gasteiger partial charge in [-0.3, -0.25) is 0 Å². The first-order valence-electron chi connectivity index (χ1n) is 4.90. The van der Waals surface area contributed by atoms with Crippen LogP contribution in [0.1, 0.15) is 20.8 Å². The number of para-hydroxylation sites is 1. The molecule has 0 radical (unpaired) electrons. The van der Waals surface area contributed by atoms with Crippen molar-refractivity contribution in [3.05, 3.63) is 34.5 Å². The quantitative estimate of drug-likeness (QED) is 0.430. The molecule has 1 rings (SSSR count). The summed E-state index contributed by atoms with van der Waals surface area (Å²) in [5.41, 5.74) is 8.43. The fourth-order valence-electron chi connectivity index (χ4n) is 1.06. The predicted octanol–water partition coefficient (Wildman–Crippen LogP) is 4.19. The van der Waals surface area contributed by atoms with Crippen LogP contribution in [0.2, 0.25) is 0 Å². The van der Waals surface area contributed by atoms with E-state index in [1.807, 2.05) is 20.8 Å². The Morgan fingerprint density at radius 3 is 2.69 bits per heavy atom. The molecule has 0 bridgehead atoms. The van der Waals surface area contributed by atoms with Crippen molar-refractivity contribution in [3.63, 3.8) is 0 Å². The van der Waals surface area contributed by atoms with Gasteiger partial charge in [0.25, 0.3) is 0 Å². The van der Waals surface area contributed by atoms with E-state index < -0.39 is 5.82 Å². The summed E-state index contributed by atoms with van der Waals surface area (Å²) in [5, 5.41) is 3.38. The predicted molar refractivity (Wildman–Crippen MR) is 60.2 cm³/mol. The number of nitrogens with zero attached hydrogens (tertiary/aromatic N) is 3. The maximum Gasteiger partial charge on any atom is 0.165 e. The zero-order valence-corrected chi connectivity index (χ0v) is 9.57. The molecule has 0 fully saturated rings. The highest BCUT2D eigenvalue weighted by molar-refractivity contribution is 5.52. The van der Waals surface area contributed by atoms with Crippen LogP contribution in [0.25, 0.3) is 10.4 Å². The fourth-order valence-corrected chi connectivity index (χ4v) is 1.06. The van der Waals surface area contributed by atoms with Gasteiger partial charge in [-0.15, -0.1) is 0 Å². The molecular weight excluding hydrogens is 209 g/mol. The van der Waals surface area contributed by atoms with E-state index in [0.717, 1.165) is 0 Å². The molecule has 4 nitrogen and oxygen atoms in total. The Labute approximate surface area is 93.7 Å². The minimum atomic E-state index is -0.519. The second-order valence-corrected chi connectivity index (χ2v) is 4.63. The smallest absolute Gasteiger partial charge is 0.165 e. The van der Waals surface area contributed by atoms with Crippen LogP contribution >= 0.6 is 0 Å². The standard InChI is InChI=1S/C11H14FN3O/c1-11(2,3)7-16-10-8(12)5-4-6-9(10)14-15-13/h4-6H,7H2,1-3H3. The van der Waals surface area contributed by atoms with E-state index in [0.29, 0.717) is 6.61 Å². The summed E-state index contributed by atoms with van der Waals surface area (Å²) in [5.74, 6) is -0.510. The minimum Gasteiger partial charge on any atom is -0.489 e. The van der Waals surface area contributed by atoms with Crippen molar-refractivity contribution in [2.45, 2.75) is 20.8 Å². The van der Waals surface area contributed by atoms with Crippen molar-refractivity contribution in [3.8, 4) is 5.75 Å². The number of benzene rings is 1. The molecule has 16 heavy (non-hydrogen) atoms. The van der Waals surface area contributed by atoms with Crippen LogP contribution in [0.5, 0.6) is 5.75 Å². The number of rotatable bonds is 3. The molecule has 0 aliphatic rings. The molecule has 0 atom stereocenters. The third-order valence-electron chi connectivity index (χ3n) is 1.75. The van der Waals surface area contributed by atoms with Crippen molar-refractivity contribution in [1.29, 1.82) is 0 Å². The summed E-state index contributed by atoms with van der Waals surface area (Å²) in [6.45, 7) is 6.27. The van der Waals surface area contributed by atoms with Crippen LogP contribution in [-0.2, 0) is 0 Å². The summed E-state index contributed by atoms with van der Waals surface area (Å²) in [4.78, 5) is 2.63. The van der Waals surface area contributed by atoms with E-state index in [1.165, 1.54) is 18.2 Å². The van der Waals surface area contributed by atoms with Gasteiger partial charge in [0.1, 0.15) is 0 Å². The number of ether oxygens (including phenoxy) is 1. The van der Waals surface area contributed by atoms with Crippen molar-refractivity contribution >= 4 is 5.69 Å². The van der Waals surface area contributed by atoms with Gasteiger partial charge in [0.15, 0.2) is 11.6 Å². The van der Waals surface area contributed by atoms with Gasteiger partial charge in [-0.25, -0.2) is 4.39 Å². The SMILES string of the molecule is CC(C)(C)COc1c(F)cccc1N=[N+]=[N-]. The summed E-state index contributed by atoms with van der Waals surface area (Å²) in [6, 6.07) is 4.26. The third kappa shape index (κ3) is 3.44. The Bertz CT molecular complexity index is 420. The normalized spacial score (nSPS) is 10.8. The average Bonchev–Trinajstić information content (AvgIpc) is 2.15. The zero-order valence-electron chi connectivity index (χ0n) is 9.57. The molecule has 0 unspecified atom stereocenters. The van der Waals surface area contributed by atoms with E-state index in [4.69, 9.17) is 10.3 Å². The second kappa shape index (κ2) is 4.86. The van der Waals surface area contributed by atoms with Gasteiger partial charge < -0.3 is 4.74 Å². The first kappa shape index (κ1) is 12.3. The Balaban J connectivity index is 2.97. The molecule has 1 aromatic rings. The van der Waals surface area contributed by atoms with Crippen LogP contribution in [-0.4, -0.2) is 6.61 Å². The summed E-state index contributed by atoms with van der Waals surface area (Å²) < 4.78 is 18.8. The summed E-state index contributed by atoms with van der Waals surface area (Å²) in [7, 11) is 0. The van der Waals surface area contributed by atoms with Crippen molar-refractivity contribution in [2.24, 2.45) is 10.5 Å². The Hall–Kier alpha value is -1.74. The largest absolute Gasteiger partial charge is 0.489 e. The lowest BCUT2D eigenvalue weighted by atomic mass is 9.99. The fraction of sp³-hybridized carbons (Fsp3) is 0.455. The molecule has 0 heterocycles. The summed E-state index contributed by atoms with van der Waals surface area (Å²) >= 11 is 0. The molecule has 0 amide bonds. The molecule has 0 saturated carbocycles. The van der Waals surface area contributed by atoms with Gasteiger partial charge in [0.2, 0.25) is 0 Å². The molecule has 0 aliphatic heterocycles. The highest BCUT2D eigenvalue weighted by atomic mass is 19.1. The highest BCUT2D eigenvalue weighted by Gasteiger charge is 2.15. The summed E-state index contributed by atoms with van der Waals surface area (Å²) in [6.07, 6.45) is 0. The molecule has 0 aromatic heterocycles. The molecule has 0 N–H and O–H groups in total. The van der Waals surface area contributed by atoms with Crippen LogP contribution in [0.3, 0.4) is 0 Å². The molecule has 0 spiro atoms. The van der Waals surface area contributed by atoms with E-state index >= 15 is 0 Å². The first-order valence-corrected chi connectivity index (χ1v) is 4.90. The average molecular weight is 223 g/mol. The number of hydrogen-bond donors (Lipinski definition) is 0. The monoisotopic (exact) mass is 223 g/mol. The van der Waals surface area contributed by atoms with Crippen molar-refractivity contribution in [1.82, 2.24) is 0 Å². The van der Waals surface area contributed by atoms with Crippen LogP contribution in [0, 0.1) is 11.2 Å². The zero-order chi connectivity index (χ0) is 12.2. The first-order chi connectivity index (χ1) is 7.44. The molecule has 0 aliphatic carbocycles. The van der Waals surface area contributed by atoms with E-state index in [2.05, 4.69) is 10.0 Å². The lowest BCUT2D eigenvalue weighted by Crippen LogP contribution is -2.17. The Morgan fingerprint density at radius 1 is 1.44 bits per heavy atom. The van der Waals surface area contributed by atoms with Gasteiger partial charge in [-0.05, 0) is 23.1 Å². The highest BCUT2D eigenvalue weighted by Crippen LogP contribution is 2.31. The lowest BCUT2D eigenvalue weighted by Gasteiger charge is -2.19. The number of azide groups is 1.